The van der Waals surface area contributed by atoms with E-state index in [1.807, 2.05) is 18.3 Å². The number of hydrogen-bond acceptors (Lipinski definition) is 0. The summed E-state index contributed by atoms with van der Waals surface area (Å²) in [5.74, 6) is 0. The van der Waals surface area contributed by atoms with Crippen molar-refractivity contribution in [1.29, 1.82) is 0 Å². The van der Waals surface area contributed by atoms with Gasteiger partial charge in [-0.15, -0.1) is 0 Å². The van der Waals surface area contributed by atoms with Crippen molar-refractivity contribution in [2.75, 3.05) is 0 Å². The Morgan fingerprint density at radius 2 is 2.67 bits per heavy atom. The molecule has 1 aromatic rings. The van der Waals surface area contributed by atoms with Gasteiger partial charge in [-0.05, 0) is 0 Å². The van der Waals surface area contributed by atoms with Gasteiger partial charge in [-0.25, -0.2) is 0 Å². The van der Waals surface area contributed by atoms with Gasteiger partial charge in [0, 0.05) is 0 Å². The summed E-state index contributed by atoms with van der Waals surface area (Å²) in [6, 6.07) is 3.96. The first-order chi connectivity index (χ1) is 2.89. The number of nitrogens with one attached hydrogen (secondary N) is 1. The molecular formula is C4H6NRu. The zero-order chi connectivity index (χ0) is 4.41. The van der Waals surface area contributed by atoms with E-state index in [9.17, 15) is 0 Å². The standard InChI is InChI=1S/C4H4N.Ru.2H/c1-2-4-5-3-1;;;/h1-3,5H;;;/q;+2;2*-1. The van der Waals surface area contributed by atoms with Crippen molar-refractivity contribution in [2.45, 2.75) is 0 Å². The Morgan fingerprint density at radius 1 is 1.83 bits per heavy atom. The van der Waals surface area contributed by atoms with E-state index in [1.54, 1.807) is 0 Å². The number of rotatable bonds is 0. The minimum absolute atomic E-state index is 0. The first-order valence-electron chi connectivity index (χ1n) is 1.67. The van der Waals surface area contributed by atoms with E-state index < -0.39 is 0 Å². The maximum absolute atomic E-state index is 2.97. The van der Waals surface area contributed by atoms with E-state index in [4.69, 9.17) is 0 Å². The monoisotopic (exact) mass is 170 g/mol. The second-order valence-corrected chi connectivity index (χ2v) is 1.94. The Kier molecular flexibility index (Phi) is 1.06. The molecule has 0 aliphatic carbocycles. The Bertz CT molecular complexity index is 118. The second kappa shape index (κ2) is 1.57. The molecule has 0 atom stereocenters. The average molecular weight is 169 g/mol. The first kappa shape index (κ1) is 4.07. The van der Waals surface area contributed by atoms with E-state index in [1.165, 1.54) is 0 Å². The van der Waals surface area contributed by atoms with E-state index in [2.05, 4.69) is 23.3 Å². The Labute approximate surface area is 49.4 Å². The number of hydrogen-bond donors (Lipinski definition) is 1. The van der Waals surface area contributed by atoms with Gasteiger partial charge in [0.25, 0.3) is 0 Å². The number of aromatic nitrogens is 1. The van der Waals surface area contributed by atoms with Crippen LogP contribution in [0, 0.1) is 0 Å². The van der Waals surface area contributed by atoms with Crippen LogP contribution in [0.15, 0.2) is 18.3 Å². The predicted octanol–water partition coefficient (Wildman–Crippen LogP) is 0.412. The molecule has 0 aliphatic heterocycles. The van der Waals surface area contributed by atoms with Crippen LogP contribution >= 0.6 is 0 Å². The first-order valence-corrected chi connectivity index (χ1v) is 2.54. The van der Waals surface area contributed by atoms with E-state index in [-0.39, 0.29) is 2.85 Å². The molecule has 35 valence electrons. The van der Waals surface area contributed by atoms with Crippen LogP contribution in [0.3, 0.4) is 0 Å². The van der Waals surface area contributed by atoms with E-state index in [0.717, 1.165) is 4.29 Å². The molecular weight excluding hydrogens is 163 g/mol. The second-order valence-electron chi connectivity index (χ2n) is 1.00. The summed E-state index contributed by atoms with van der Waals surface area (Å²) in [6.07, 6.45) is 1.89. The molecule has 2 heteroatoms. The fraction of sp³-hybridized carbons (Fsp3) is 0. The molecule has 0 unspecified atom stereocenters. The molecule has 1 N–H and O–H groups in total. The fourth-order valence-electron chi connectivity index (χ4n) is 0.304. The molecule has 1 heterocycles. The van der Waals surface area contributed by atoms with Gasteiger partial charge in [0.2, 0.25) is 0 Å². The van der Waals surface area contributed by atoms with Crippen LogP contribution < -0.4 is 4.29 Å². The summed E-state index contributed by atoms with van der Waals surface area (Å²) in [5, 5.41) is 0. The summed E-state index contributed by atoms with van der Waals surface area (Å²) >= 11 is 2.48. The van der Waals surface area contributed by atoms with Crippen molar-refractivity contribution >= 4 is 4.29 Å². The molecule has 0 radical (unpaired) electrons. The average Bonchev–Trinajstić information content (AvgIpc) is 1.86. The van der Waals surface area contributed by atoms with Gasteiger partial charge >= 0.3 is 45.9 Å². The fourth-order valence-corrected chi connectivity index (χ4v) is 0.616. The predicted molar refractivity (Wildman–Crippen MR) is 22.7 cm³/mol. The molecule has 1 nitrogen and oxygen atoms in total. The van der Waals surface area contributed by atoms with Gasteiger partial charge in [0.1, 0.15) is 0 Å². The van der Waals surface area contributed by atoms with Crippen LogP contribution in [-0.2, 0) is 18.3 Å². The molecule has 1 rings (SSSR count). The zero-order valence-corrected chi connectivity index (χ0v) is 4.82. The molecule has 0 aromatic carbocycles. The third-order valence-corrected chi connectivity index (χ3v) is 1.09. The Balaban J connectivity index is 0. The van der Waals surface area contributed by atoms with Crippen molar-refractivity contribution in [3.05, 3.63) is 18.3 Å². The molecule has 1 aromatic heterocycles. The van der Waals surface area contributed by atoms with Crippen molar-refractivity contribution in [3.8, 4) is 0 Å². The van der Waals surface area contributed by atoms with Gasteiger partial charge in [-0.2, -0.15) is 0 Å². The van der Waals surface area contributed by atoms with Crippen LogP contribution in [0.2, 0.25) is 0 Å². The molecule has 0 fully saturated rings. The minimum atomic E-state index is 0. The Hall–Kier alpha value is -0.0966. The van der Waals surface area contributed by atoms with Crippen molar-refractivity contribution < 1.29 is 21.2 Å². The zero-order valence-electron chi connectivity index (χ0n) is 5.09. The molecule has 0 bridgehead atoms. The Morgan fingerprint density at radius 3 is 2.83 bits per heavy atom. The van der Waals surface area contributed by atoms with E-state index >= 15 is 0 Å². The van der Waals surface area contributed by atoms with Crippen molar-refractivity contribution in [1.82, 2.24) is 4.98 Å². The molecule has 0 aliphatic rings. The molecule has 0 saturated heterocycles. The van der Waals surface area contributed by atoms with Crippen LogP contribution in [0.1, 0.15) is 2.85 Å². The summed E-state index contributed by atoms with van der Waals surface area (Å²) in [5.41, 5.74) is 0. The van der Waals surface area contributed by atoms with Crippen LogP contribution in [0.25, 0.3) is 0 Å². The quantitative estimate of drug-likeness (QED) is 0.541. The topological polar surface area (TPSA) is 15.8 Å². The van der Waals surface area contributed by atoms with Gasteiger partial charge < -0.3 is 2.85 Å². The van der Waals surface area contributed by atoms with Crippen LogP contribution in [-0.4, -0.2) is 4.98 Å². The SMILES string of the molecule is [H-].[H-].[Ru+2][c]1ccc[nH]1. The number of H-pyrrole nitrogens is 1. The molecule has 0 spiro atoms. The van der Waals surface area contributed by atoms with Gasteiger partial charge in [-0.3, -0.25) is 0 Å². The normalized spacial score (nSPS) is 8.67. The van der Waals surface area contributed by atoms with Crippen LogP contribution in [0.5, 0.6) is 0 Å². The molecule has 0 amide bonds. The summed E-state index contributed by atoms with van der Waals surface area (Å²) in [6.45, 7) is 0. The van der Waals surface area contributed by atoms with Gasteiger partial charge in [0.15, 0.2) is 0 Å². The van der Waals surface area contributed by atoms with E-state index in [0.29, 0.717) is 0 Å². The summed E-state index contributed by atoms with van der Waals surface area (Å²) < 4.78 is 1.15. The van der Waals surface area contributed by atoms with Gasteiger partial charge in [0.05, 0.1) is 0 Å². The van der Waals surface area contributed by atoms with Gasteiger partial charge in [-0.1, -0.05) is 0 Å². The van der Waals surface area contributed by atoms with Crippen molar-refractivity contribution in [2.24, 2.45) is 0 Å². The maximum atomic E-state index is 2.97. The third kappa shape index (κ3) is 0.690. The van der Waals surface area contributed by atoms with Crippen LogP contribution in [0.4, 0.5) is 0 Å². The molecule has 0 saturated carbocycles. The number of aromatic amines is 1. The summed E-state index contributed by atoms with van der Waals surface area (Å²) in [7, 11) is 0. The summed E-state index contributed by atoms with van der Waals surface area (Å²) in [4.78, 5) is 2.97. The molecule has 6 heavy (non-hydrogen) atoms. The van der Waals surface area contributed by atoms with Crippen molar-refractivity contribution in [3.63, 3.8) is 0 Å². The third-order valence-electron chi connectivity index (χ3n) is 0.552.